The summed E-state index contributed by atoms with van der Waals surface area (Å²) in [4.78, 5) is 9.31. The summed E-state index contributed by atoms with van der Waals surface area (Å²) in [5.74, 6) is 1.45. The largest absolute Gasteiger partial charge is 0.379 e. The Morgan fingerprint density at radius 3 is 2.62 bits per heavy atom. The summed E-state index contributed by atoms with van der Waals surface area (Å²) in [5.41, 5.74) is 4.15. The van der Waals surface area contributed by atoms with E-state index in [1.54, 1.807) is 0 Å². The van der Waals surface area contributed by atoms with Crippen molar-refractivity contribution in [2.45, 2.75) is 39.3 Å². The molecule has 0 spiro atoms. The van der Waals surface area contributed by atoms with E-state index < -0.39 is 0 Å². The number of hydrogen-bond acceptors (Lipinski definition) is 4. The fraction of sp³-hybridized carbons (Fsp3) is 0.682. The first-order valence-corrected chi connectivity index (χ1v) is 10.7. The second-order valence-electron chi connectivity index (χ2n) is 8.25. The van der Waals surface area contributed by atoms with Crippen LogP contribution in [-0.2, 0) is 17.7 Å². The number of nitrogens with one attached hydrogen (secondary N) is 2. The summed E-state index contributed by atoms with van der Waals surface area (Å²) >= 11 is 0. The summed E-state index contributed by atoms with van der Waals surface area (Å²) in [6, 6.07) is 7.32. The number of fused-ring (bicyclic) bond motifs is 1. The van der Waals surface area contributed by atoms with Gasteiger partial charge in [0.25, 0.3) is 0 Å². The molecule has 2 N–H and O–H groups in total. The number of rotatable bonds is 6. The lowest BCUT2D eigenvalue weighted by Gasteiger charge is -2.37. The molecular formula is C22H38IN5O. The highest BCUT2D eigenvalue weighted by atomic mass is 127. The molecule has 1 aromatic carbocycles. The van der Waals surface area contributed by atoms with Crippen molar-refractivity contribution in [2.24, 2.45) is 10.9 Å². The molecule has 2 heterocycles. The molecule has 1 saturated heterocycles. The van der Waals surface area contributed by atoms with Crippen LogP contribution in [0, 0.1) is 5.92 Å². The van der Waals surface area contributed by atoms with Crippen LogP contribution in [0.5, 0.6) is 0 Å². The molecule has 0 radical (unpaired) electrons. The Balaban J connectivity index is 0.00000300. The molecule has 2 aliphatic rings. The van der Waals surface area contributed by atoms with Crippen molar-refractivity contribution >= 4 is 35.6 Å². The third kappa shape index (κ3) is 6.72. The van der Waals surface area contributed by atoms with Gasteiger partial charge in [-0.2, -0.15) is 0 Å². The molecule has 2 aliphatic heterocycles. The first-order chi connectivity index (χ1) is 13.6. The third-order valence-electron chi connectivity index (χ3n) is 5.94. The quantitative estimate of drug-likeness (QED) is 0.347. The van der Waals surface area contributed by atoms with Gasteiger partial charge in [0.1, 0.15) is 0 Å². The zero-order valence-corrected chi connectivity index (χ0v) is 20.7. The first-order valence-electron chi connectivity index (χ1n) is 10.7. The van der Waals surface area contributed by atoms with E-state index in [2.05, 4.69) is 64.5 Å². The van der Waals surface area contributed by atoms with E-state index in [1.165, 1.54) is 29.7 Å². The lowest BCUT2D eigenvalue weighted by Crippen LogP contribution is -2.52. The molecule has 0 amide bonds. The van der Waals surface area contributed by atoms with Crippen molar-refractivity contribution in [3.8, 4) is 0 Å². The molecule has 29 heavy (non-hydrogen) atoms. The predicted octanol–water partition coefficient (Wildman–Crippen LogP) is 2.71. The number of halogens is 1. The van der Waals surface area contributed by atoms with Crippen molar-refractivity contribution < 1.29 is 4.74 Å². The number of anilines is 1. The van der Waals surface area contributed by atoms with Gasteiger partial charge in [-0.25, -0.2) is 0 Å². The Bertz CT molecular complexity index is 661. The van der Waals surface area contributed by atoms with Crippen LogP contribution < -0.4 is 15.5 Å². The van der Waals surface area contributed by atoms with E-state index in [0.717, 1.165) is 51.9 Å². The fourth-order valence-corrected chi connectivity index (χ4v) is 4.25. The van der Waals surface area contributed by atoms with Gasteiger partial charge < -0.3 is 20.3 Å². The highest BCUT2D eigenvalue weighted by molar-refractivity contribution is 14.0. The molecular weight excluding hydrogens is 477 g/mol. The molecule has 0 saturated carbocycles. The Morgan fingerprint density at radius 1 is 1.17 bits per heavy atom. The standard InChI is InChI=1S/C22H37N5O.HI/c1-17(2)21(27-10-12-28-13-11-27)16-25-22(23-3)24-15-18-7-8-20-19(14-18)6-5-9-26(20)4;/h7-8,14,17,21H,5-6,9-13,15-16H2,1-4H3,(H2,23,24,25);1H. The van der Waals surface area contributed by atoms with Crippen LogP contribution in [0.2, 0.25) is 0 Å². The number of aliphatic imine (C=N–C) groups is 1. The molecule has 1 aromatic rings. The van der Waals surface area contributed by atoms with Gasteiger partial charge in [-0.3, -0.25) is 9.89 Å². The third-order valence-corrected chi connectivity index (χ3v) is 5.94. The van der Waals surface area contributed by atoms with E-state index in [9.17, 15) is 0 Å². The maximum absolute atomic E-state index is 5.51. The highest BCUT2D eigenvalue weighted by Crippen LogP contribution is 2.26. The normalized spacial score (nSPS) is 18.8. The average molecular weight is 515 g/mol. The minimum atomic E-state index is 0. The second-order valence-corrected chi connectivity index (χ2v) is 8.25. The van der Waals surface area contributed by atoms with E-state index >= 15 is 0 Å². The fourth-order valence-electron chi connectivity index (χ4n) is 4.25. The number of aryl methyl sites for hydroxylation is 1. The molecule has 0 bridgehead atoms. The summed E-state index contributed by atoms with van der Waals surface area (Å²) < 4.78 is 5.51. The Labute approximate surface area is 193 Å². The zero-order chi connectivity index (χ0) is 19.9. The van der Waals surface area contributed by atoms with E-state index in [-0.39, 0.29) is 24.0 Å². The maximum atomic E-state index is 5.51. The number of morpholine rings is 1. The van der Waals surface area contributed by atoms with Gasteiger partial charge in [0.05, 0.1) is 13.2 Å². The van der Waals surface area contributed by atoms with Gasteiger partial charge in [0.15, 0.2) is 5.96 Å². The SMILES string of the molecule is CN=C(NCc1ccc2c(c1)CCCN2C)NCC(C(C)C)N1CCOCC1.I. The summed E-state index contributed by atoms with van der Waals surface area (Å²) in [6.07, 6.45) is 2.41. The molecule has 164 valence electrons. The molecule has 6 nitrogen and oxygen atoms in total. The summed E-state index contributed by atoms with van der Waals surface area (Å²) in [7, 11) is 4.03. The van der Waals surface area contributed by atoms with Crippen molar-refractivity contribution in [3.05, 3.63) is 29.3 Å². The van der Waals surface area contributed by atoms with Gasteiger partial charge in [-0.1, -0.05) is 26.0 Å². The summed E-state index contributed by atoms with van der Waals surface area (Å²) in [6.45, 7) is 11.1. The number of hydrogen-bond donors (Lipinski definition) is 2. The van der Waals surface area contributed by atoms with Gasteiger partial charge in [-0.05, 0) is 36.0 Å². The number of benzene rings is 1. The Kier molecular flexibility index (Phi) is 9.98. The summed E-state index contributed by atoms with van der Waals surface area (Å²) in [5, 5.41) is 7.02. The van der Waals surface area contributed by atoms with Crippen molar-refractivity contribution in [1.29, 1.82) is 0 Å². The lowest BCUT2D eigenvalue weighted by atomic mass is 9.99. The van der Waals surface area contributed by atoms with Crippen LogP contribution in [0.25, 0.3) is 0 Å². The van der Waals surface area contributed by atoms with E-state index in [4.69, 9.17) is 4.74 Å². The van der Waals surface area contributed by atoms with Crippen molar-refractivity contribution in [2.75, 3.05) is 58.4 Å². The average Bonchev–Trinajstić information content (AvgIpc) is 2.71. The predicted molar refractivity (Wildman–Crippen MR) is 133 cm³/mol. The van der Waals surface area contributed by atoms with Crippen molar-refractivity contribution in [1.82, 2.24) is 15.5 Å². The molecule has 0 aromatic heterocycles. The molecule has 7 heteroatoms. The van der Waals surface area contributed by atoms with Crippen LogP contribution in [0.1, 0.15) is 31.4 Å². The highest BCUT2D eigenvalue weighted by Gasteiger charge is 2.24. The lowest BCUT2D eigenvalue weighted by molar-refractivity contribution is 0.00752. The minimum absolute atomic E-state index is 0. The van der Waals surface area contributed by atoms with Gasteiger partial charge in [0, 0.05) is 58.5 Å². The molecule has 1 atom stereocenters. The maximum Gasteiger partial charge on any atom is 0.191 e. The second kappa shape index (κ2) is 12.0. The van der Waals surface area contributed by atoms with Crippen LogP contribution >= 0.6 is 24.0 Å². The van der Waals surface area contributed by atoms with Gasteiger partial charge in [-0.15, -0.1) is 24.0 Å². The monoisotopic (exact) mass is 515 g/mol. The van der Waals surface area contributed by atoms with E-state index in [1.807, 2.05) is 7.05 Å². The topological polar surface area (TPSA) is 52.1 Å². The van der Waals surface area contributed by atoms with Crippen LogP contribution in [-0.4, -0.2) is 70.4 Å². The molecule has 0 aliphatic carbocycles. The zero-order valence-electron chi connectivity index (χ0n) is 18.4. The number of nitrogens with zero attached hydrogens (tertiary/aromatic N) is 3. The Morgan fingerprint density at radius 2 is 1.93 bits per heavy atom. The van der Waals surface area contributed by atoms with Crippen LogP contribution in [0.4, 0.5) is 5.69 Å². The van der Waals surface area contributed by atoms with Crippen LogP contribution in [0.3, 0.4) is 0 Å². The number of ether oxygens (including phenoxy) is 1. The smallest absolute Gasteiger partial charge is 0.191 e. The molecule has 1 fully saturated rings. The van der Waals surface area contributed by atoms with E-state index in [0.29, 0.717) is 12.0 Å². The Hall–Kier alpha value is -1.06. The van der Waals surface area contributed by atoms with Crippen LogP contribution in [0.15, 0.2) is 23.2 Å². The van der Waals surface area contributed by atoms with Crippen molar-refractivity contribution in [3.63, 3.8) is 0 Å². The minimum Gasteiger partial charge on any atom is -0.379 e. The van der Waals surface area contributed by atoms with Gasteiger partial charge >= 0.3 is 0 Å². The number of guanidine groups is 1. The van der Waals surface area contributed by atoms with Gasteiger partial charge in [0.2, 0.25) is 0 Å². The molecule has 3 rings (SSSR count). The molecule has 1 unspecified atom stereocenters. The first kappa shape index (κ1) is 24.2.